The molecule has 2 rings (SSSR count). The molecule has 2 N–H and O–H groups in total. The fraction of sp³-hybridized carbons (Fsp3) is 0.647. The monoisotopic (exact) mass is 276 g/mol. The predicted molar refractivity (Wildman–Crippen MR) is 84.0 cm³/mol. The van der Waals surface area contributed by atoms with Crippen molar-refractivity contribution in [3.05, 3.63) is 29.8 Å². The summed E-state index contributed by atoms with van der Waals surface area (Å²) in [5, 5.41) is 0. The summed E-state index contributed by atoms with van der Waals surface area (Å²) < 4.78 is 5.29. The molecule has 2 unspecified atom stereocenters. The van der Waals surface area contributed by atoms with E-state index in [1.54, 1.807) is 7.11 Å². The molecule has 112 valence electrons. The van der Waals surface area contributed by atoms with E-state index >= 15 is 0 Å². The number of ether oxygens (including phenoxy) is 1. The maximum Gasteiger partial charge on any atom is 0.119 e. The molecular formula is C17H28N2O. The van der Waals surface area contributed by atoms with E-state index in [-0.39, 0.29) is 6.04 Å². The Bertz CT molecular complexity index is 406. The Morgan fingerprint density at radius 3 is 3.00 bits per heavy atom. The van der Waals surface area contributed by atoms with Crippen LogP contribution in [0.3, 0.4) is 0 Å². The van der Waals surface area contributed by atoms with Gasteiger partial charge in [-0.3, -0.25) is 4.90 Å². The number of methoxy groups -OCH3 is 1. The summed E-state index contributed by atoms with van der Waals surface area (Å²) in [6, 6.07) is 8.95. The third-order valence-corrected chi connectivity index (χ3v) is 4.32. The van der Waals surface area contributed by atoms with Crippen LogP contribution >= 0.6 is 0 Å². The summed E-state index contributed by atoms with van der Waals surface area (Å²) in [4.78, 5) is 2.59. The topological polar surface area (TPSA) is 38.5 Å². The van der Waals surface area contributed by atoms with Gasteiger partial charge in [0.1, 0.15) is 5.75 Å². The molecule has 3 nitrogen and oxygen atoms in total. The van der Waals surface area contributed by atoms with Crippen molar-refractivity contribution in [2.24, 2.45) is 5.73 Å². The maximum absolute atomic E-state index is 6.41. The largest absolute Gasteiger partial charge is 0.497 e. The Kier molecular flexibility index (Phi) is 5.86. The Morgan fingerprint density at radius 1 is 1.40 bits per heavy atom. The molecule has 1 fully saturated rings. The van der Waals surface area contributed by atoms with Crippen LogP contribution in [-0.4, -0.2) is 31.1 Å². The van der Waals surface area contributed by atoms with E-state index in [0.717, 1.165) is 18.3 Å². The quantitative estimate of drug-likeness (QED) is 0.866. The normalized spacial score (nSPS) is 21.6. The van der Waals surface area contributed by atoms with Gasteiger partial charge in [0.2, 0.25) is 0 Å². The van der Waals surface area contributed by atoms with Crippen LogP contribution in [0, 0.1) is 0 Å². The van der Waals surface area contributed by atoms with Crippen LogP contribution in [-0.2, 0) is 0 Å². The van der Waals surface area contributed by atoms with Crippen molar-refractivity contribution < 1.29 is 4.74 Å². The first-order valence-electron chi connectivity index (χ1n) is 7.88. The summed E-state index contributed by atoms with van der Waals surface area (Å²) in [5.41, 5.74) is 7.58. The summed E-state index contributed by atoms with van der Waals surface area (Å²) in [6.45, 7) is 4.43. The van der Waals surface area contributed by atoms with Gasteiger partial charge in [-0.1, -0.05) is 31.9 Å². The molecule has 1 heterocycles. The fourth-order valence-corrected chi connectivity index (χ4v) is 3.19. The molecule has 0 radical (unpaired) electrons. The van der Waals surface area contributed by atoms with Crippen LogP contribution < -0.4 is 10.5 Å². The van der Waals surface area contributed by atoms with Crippen LogP contribution in [0.4, 0.5) is 0 Å². The molecule has 0 amide bonds. The lowest BCUT2D eigenvalue weighted by Crippen LogP contribution is -2.43. The number of hydrogen-bond acceptors (Lipinski definition) is 3. The highest BCUT2D eigenvalue weighted by molar-refractivity contribution is 5.30. The van der Waals surface area contributed by atoms with Crippen molar-refractivity contribution in [3.8, 4) is 5.75 Å². The molecule has 0 spiro atoms. The fourth-order valence-electron chi connectivity index (χ4n) is 3.19. The van der Waals surface area contributed by atoms with Crippen LogP contribution in [0.15, 0.2) is 24.3 Å². The summed E-state index contributed by atoms with van der Waals surface area (Å²) in [5.74, 6) is 0.890. The summed E-state index contributed by atoms with van der Waals surface area (Å²) in [7, 11) is 1.70. The van der Waals surface area contributed by atoms with E-state index in [1.165, 1.54) is 44.2 Å². The SMILES string of the molecule is CCCC1CCCCN1CC(N)c1cccc(OC)c1. The van der Waals surface area contributed by atoms with Crippen molar-refractivity contribution in [1.82, 2.24) is 4.90 Å². The Hall–Kier alpha value is -1.06. The minimum Gasteiger partial charge on any atom is -0.497 e. The highest BCUT2D eigenvalue weighted by Crippen LogP contribution is 2.24. The van der Waals surface area contributed by atoms with E-state index in [9.17, 15) is 0 Å². The Labute approximate surface area is 123 Å². The molecule has 3 heteroatoms. The van der Waals surface area contributed by atoms with Gasteiger partial charge in [0.05, 0.1) is 7.11 Å². The van der Waals surface area contributed by atoms with Gasteiger partial charge in [0.15, 0.2) is 0 Å². The van der Waals surface area contributed by atoms with Crippen molar-refractivity contribution in [2.45, 2.75) is 51.1 Å². The lowest BCUT2D eigenvalue weighted by Gasteiger charge is -2.37. The molecule has 1 aliphatic heterocycles. The minimum absolute atomic E-state index is 0.0718. The zero-order valence-electron chi connectivity index (χ0n) is 12.8. The number of hydrogen-bond donors (Lipinski definition) is 1. The molecule has 0 aromatic heterocycles. The van der Waals surface area contributed by atoms with Gasteiger partial charge in [-0.05, 0) is 43.5 Å². The summed E-state index contributed by atoms with van der Waals surface area (Å²) >= 11 is 0. The van der Waals surface area contributed by atoms with Crippen LogP contribution in [0.25, 0.3) is 0 Å². The average Bonchev–Trinajstić information content (AvgIpc) is 2.49. The third kappa shape index (κ3) is 3.97. The first-order chi connectivity index (χ1) is 9.74. The second kappa shape index (κ2) is 7.65. The van der Waals surface area contributed by atoms with Crippen molar-refractivity contribution in [1.29, 1.82) is 0 Å². The second-order valence-corrected chi connectivity index (χ2v) is 5.82. The zero-order valence-corrected chi connectivity index (χ0v) is 12.8. The molecule has 20 heavy (non-hydrogen) atoms. The lowest BCUT2D eigenvalue weighted by atomic mass is 9.96. The van der Waals surface area contributed by atoms with E-state index < -0.39 is 0 Å². The molecule has 2 atom stereocenters. The highest BCUT2D eigenvalue weighted by atomic mass is 16.5. The first-order valence-corrected chi connectivity index (χ1v) is 7.88. The second-order valence-electron chi connectivity index (χ2n) is 5.82. The van der Waals surface area contributed by atoms with Gasteiger partial charge in [0, 0.05) is 18.6 Å². The molecule has 0 aliphatic carbocycles. The number of piperidine rings is 1. The van der Waals surface area contributed by atoms with Gasteiger partial charge in [-0.15, -0.1) is 0 Å². The standard InChI is InChI=1S/C17H28N2O/c1-3-7-15-9-4-5-11-19(15)13-17(18)14-8-6-10-16(12-14)20-2/h6,8,10,12,15,17H,3-5,7,9,11,13,18H2,1-2H3. The maximum atomic E-state index is 6.41. The molecule has 0 bridgehead atoms. The lowest BCUT2D eigenvalue weighted by molar-refractivity contribution is 0.131. The zero-order chi connectivity index (χ0) is 14.4. The van der Waals surface area contributed by atoms with Crippen LogP contribution in [0.5, 0.6) is 5.75 Å². The number of nitrogens with two attached hydrogens (primary N) is 1. The molecule has 1 saturated heterocycles. The van der Waals surface area contributed by atoms with E-state index in [0.29, 0.717) is 0 Å². The smallest absolute Gasteiger partial charge is 0.119 e. The molecule has 1 aromatic carbocycles. The predicted octanol–water partition coefficient (Wildman–Crippen LogP) is 3.35. The van der Waals surface area contributed by atoms with Gasteiger partial charge in [-0.25, -0.2) is 0 Å². The molecule has 1 aromatic rings. The van der Waals surface area contributed by atoms with Gasteiger partial charge in [0.25, 0.3) is 0 Å². The van der Waals surface area contributed by atoms with E-state index in [4.69, 9.17) is 10.5 Å². The van der Waals surface area contributed by atoms with Crippen molar-refractivity contribution in [3.63, 3.8) is 0 Å². The minimum atomic E-state index is 0.0718. The van der Waals surface area contributed by atoms with Crippen LogP contribution in [0.1, 0.15) is 50.6 Å². The van der Waals surface area contributed by atoms with Crippen LogP contribution in [0.2, 0.25) is 0 Å². The third-order valence-electron chi connectivity index (χ3n) is 4.32. The molecule has 0 saturated carbocycles. The average molecular weight is 276 g/mol. The number of rotatable bonds is 6. The Morgan fingerprint density at radius 2 is 2.25 bits per heavy atom. The highest BCUT2D eigenvalue weighted by Gasteiger charge is 2.23. The summed E-state index contributed by atoms with van der Waals surface area (Å²) in [6.07, 6.45) is 6.57. The van der Waals surface area contributed by atoms with Crippen molar-refractivity contribution in [2.75, 3.05) is 20.2 Å². The number of benzene rings is 1. The van der Waals surface area contributed by atoms with E-state index in [2.05, 4.69) is 24.0 Å². The van der Waals surface area contributed by atoms with Gasteiger partial charge < -0.3 is 10.5 Å². The van der Waals surface area contributed by atoms with Gasteiger partial charge >= 0.3 is 0 Å². The van der Waals surface area contributed by atoms with Gasteiger partial charge in [-0.2, -0.15) is 0 Å². The Balaban J connectivity index is 1.99. The molecule has 1 aliphatic rings. The molecular weight excluding hydrogens is 248 g/mol. The number of nitrogens with zero attached hydrogens (tertiary/aromatic N) is 1. The van der Waals surface area contributed by atoms with Crippen molar-refractivity contribution >= 4 is 0 Å². The first kappa shape index (κ1) is 15.3. The number of likely N-dealkylation sites (tertiary alicyclic amines) is 1. The van der Waals surface area contributed by atoms with E-state index in [1.807, 2.05) is 12.1 Å².